The molecule has 0 aliphatic carbocycles. The summed E-state index contributed by atoms with van der Waals surface area (Å²) in [5.41, 5.74) is 4.05. The quantitative estimate of drug-likeness (QED) is 0.823. The summed E-state index contributed by atoms with van der Waals surface area (Å²) in [4.78, 5) is 14.4. The van der Waals surface area contributed by atoms with Crippen molar-refractivity contribution in [2.75, 3.05) is 26.0 Å². The summed E-state index contributed by atoms with van der Waals surface area (Å²) in [6.07, 6.45) is 0.972. The Balaban J connectivity index is 0.00000208. The first-order valence-electron chi connectivity index (χ1n) is 7.53. The summed E-state index contributed by atoms with van der Waals surface area (Å²) in [5, 5.41) is 3.31. The molecule has 2 aromatic rings. The number of ether oxygens (including phenoxy) is 1. The maximum absolute atomic E-state index is 12.7. The van der Waals surface area contributed by atoms with Crippen LogP contribution in [-0.4, -0.2) is 31.5 Å². The van der Waals surface area contributed by atoms with E-state index >= 15 is 0 Å². The highest BCUT2D eigenvalue weighted by Gasteiger charge is 2.17. The Hall–Kier alpha value is -1.72. The Morgan fingerprint density at radius 1 is 1.29 bits per heavy atom. The van der Waals surface area contributed by atoms with Crippen molar-refractivity contribution in [1.29, 1.82) is 0 Å². The summed E-state index contributed by atoms with van der Waals surface area (Å²) >= 11 is 3.47. The molecule has 6 heteroatoms. The number of benzene rings is 2. The van der Waals surface area contributed by atoms with E-state index in [2.05, 4.69) is 21.2 Å². The molecule has 0 atom stereocenters. The van der Waals surface area contributed by atoms with Crippen LogP contribution in [0.1, 0.15) is 21.5 Å². The number of halogens is 2. The number of amides is 1. The predicted octanol–water partition coefficient (Wildman–Crippen LogP) is 4.12. The summed E-state index contributed by atoms with van der Waals surface area (Å²) in [5.74, 6) is 0.799. The molecule has 0 saturated heterocycles. The van der Waals surface area contributed by atoms with Gasteiger partial charge >= 0.3 is 0 Å². The fourth-order valence-corrected chi connectivity index (χ4v) is 3.26. The molecule has 128 valence electrons. The second-order valence-electron chi connectivity index (χ2n) is 5.67. The monoisotopic (exact) mass is 410 g/mol. The first-order valence-corrected chi connectivity index (χ1v) is 8.32. The summed E-state index contributed by atoms with van der Waals surface area (Å²) in [6, 6.07) is 11.7. The van der Waals surface area contributed by atoms with Gasteiger partial charge in [-0.15, -0.1) is 12.4 Å². The highest BCUT2D eigenvalue weighted by Crippen LogP contribution is 2.26. The highest BCUT2D eigenvalue weighted by atomic mass is 79.9. The summed E-state index contributed by atoms with van der Waals surface area (Å²) < 4.78 is 6.35. The zero-order chi connectivity index (χ0) is 16.4. The van der Waals surface area contributed by atoms with Crippen molar-refractivity contribution in [3.8, 4) is 5.75 Å². The molecule has 1 amide bonds. The second kappa shape index (κ2) is 7.90. The number of nitrogens with zero attached hydrogens (tertiary/aromatic N) is 1. The molecule has 0 radical (unpaired) electrons. The Bertz CT molecular complexity index is 752. The van der Waals surface area contributed by atoms with Crippen molar-refractivity contribution in [3.63, 3.8) is 0 Å². The second-order valence-corrected chi connectivity index (χ2v) is 6.58. The fraction of sp³-hybridized carbons (Fsp3) is 0.278. The molecule has 1 aliphatic heterocycles. The molecule has 24 heavy (non-hydrogen) atoms. The van der Waals surface area contributed by atoms with Crippen molar-refractivity contribution in [3.05, 3.63) is 57.6 Å². The number of hydrogen-bond acceptors (Lipinski definition) is 3. The number of fused-ring (bicyclic) bond motifs is 1. The third kappa shape index (κ3) is 3.84. The number of carbonyl (C=O) groups excluding carboxylic acids is 1. The average Bonchev–Trinajstić information content (AvgIpc) is 3.01. The molecule has 0 spiro atoms. The third-order valence-corrected chi connectivity index (χ3v) is 4.55. The van der Waals surface area contributed by atoms with Crippen LogP contribution in [0.2, 0.25) is 0 Å². The van der Waals surface area contributed by atoms with Gasteiger partial charge in [-0.3, -0.25) is 4.79 Å². The van der Waals surface area contributed by atoms with E-state index in [4.69, 9.17) is 4.74 Å². The number of anilines is 1. The van der Waals surface area contributed by atoms with Gasteiger partial charge in [-0.25, -0.2) is 0 Å². The molecule has 1 aliphatic rings. The van der Waals surface area contributed by atoms with Gasteiger partial charge in [0.15, 0.2) is 0 Å². The van der Waals surface area contributed by atoms with Gasteiger partial charge in [0.1, 0.15) is 5.75 Å². The van der Waals surface area contributed by atoms with E-state index in [9.17, 15) is 4.79 Å². The lowest BCUT2D eigenvalue weighted by molar-refractivity contribution is 0.0784. The van der Waals surface area contributed by atoms with Crippen molar-refractivity contribution in [1.82, 2.24) is 4.90 Å². The van der Waals surface area contributed by atoms with E-state index in [1.807, 2.05) is 43.4 Å². The largest absolute Gasteiger partial charge is 0.496 e. The van der Waals surface area contributed by atoms with Gasteiger partial charge < -0.3 is 15.0 Å². The maximum atomic E-state index is 12.7. The molecule has 0 bridgehead atoms. The zero-order valence-electron chi connectivity index (χ0n) is 13.6. The number of rotatable bonds is 4. The lowest BCUT2D eigenvalue weighted by atomic mass is 10.1. The Morgan fingerprint density at radius 2 is 2.08 bits per heavy atom. The normalized spacial score (nSPS) is 12.0. The smallest absolute Gasteiger partial charge is 0.253 e. The van der Waals surface area contributed by atoms with Crippen LogP contribution in [0.15, 0.2) is 40.9 Å². The molecule has 1 heterocycles. The van der Waals surface area contributed by atoms with Gasteiger partial charge in [-0.2, -0.15) is 0 Å². The van der Waals surface area contributed by atoms with Crippen molar-refractivity contribution in [2.45, 2.75) is 13.0 Å². The summed E-state index contributed by atoms with van der Waals surface area (Å²) in [7, 11) is 3.45. The molecule has 0 aromatic heterocycles. The van der Waals surface area contributed by atoms with Crippen LogP contribution in [-0.2, 0) is 13.0 Å². The van der Waals surface area contributed by atoms with E-state index < -0.39 is 0 Å². The van der Waals surface area contributed by atoms with Crippen LogP contribution in [0.5, 0.6) is 5.75 Å². The Labute approximate surface area is 156 Å². The van der Waals surface area contributed by atoms with Crippen molar-refractivity contribution in [2.24, 2.45) is 0 Å². The molecule has 1 N–H and O–H groups in total. The van der Waals surface area contributed by atoms with Gasteiger partial charge in [-0.1, -0.05) is 15.9 Å². The molecular formula is C18H20BrClN2O2. The number of carbonyl (C=O) groups is 1. The first-order chi connectivity index (χ1) is 11.1. The van der Waals surface area contributed by atoms with Crippen LogP contribution in [0.3, 0.4) is 0 Å². The Morgan fingerprint density at radius 3 is 2.83 bits per heavy atom. The topological polar surface area (TPSA) is 41.6 Å². The van der Waals surface area contributed by atoms with Crippen molar-refractivity contribution >= 4 is 39.9 Å². The molecule has 2 aromatic carbocycles. The number of nitrogens with one attached hydrogen (secondary N) is 1. The molecule has 3 rings (SSSR count). The van der Waals surface area contributed by atoms with Crippen LogP contribution in [0, 0.1) is 0 Å². The standard InChI is InChI=1S/C18H19BrN2O2.ClH/c1-21(11-14-10-15(19)4-6-17(14)23-2)18(22)13-3-5-16-12(9-13)7-8-20-16;/h3-6,9-10,20H,7-8,11H2,1-2H3;1H. The van der Waals surface area contributed by atoms with Gasteiger partial charge in [0.05, 0.1) is 7.11 Å². The molecule has 0 saturated carbocycles. The fourth-order valence-electron chi connectivity index (χ4n) is 2.86. The molecule has 0 unspecified atom stereocenters. The van der Waals surface area contributed by atoms with Crippen LogP contribution in [0.25, 0.3) is 0 Å². The SMILES string of the molecule is COc1ccc(Br)cc1CN(C)C(=O)c1ccc2c(c1)CCN2.Cl. The van der Waals surface area contributed by atoms with Crippen LogP contribution < -0.4 is 10.1 Å². The van der Waals surface area contributed by atoms with E-state index in [0.717, 1.165) is 40.0 Å². The predicted molar refractivity (Wildman–Crippen MR) is 102 cm³/mol. The van der Waals surface area contributed by atoms with Crippen LogP contribution in [0.4, 0.5) is 5.69 Å². The number of methoxy groups -OCH3 is 1. The minimum Gasteiger partial charge on any atom is -0.496 e. The molecular weight excluding hydrogens is 392 g/mol. The lowest BCUT2D eigenvalue weighted by Gasteiger charge is -2.19. The van der Waals surface area contributed by atoms with Gasteiger partial charge in [0.2, 0.25) is 0 Å². The van der Waals surface area contributed by atoms with E-state index in [-0.39, 0.29) is 18.3 Å². The minimum absolute atomic E-state index is 0. The highest BCUT2D eigenvalue weighted by molar-refractivity contribution is 9.10. The number of hydrogen-bond donors (Lipinski definition) is 1. The zero-order valence-corrected chi connectivity index (χ0v) is 16.0. The van der Waals surface area contributed by atoms with Gasteiger partial charge in [0.25, 0.3) is 5.91 Å². The van der Waals surface area contributed by atoms with Crippen LogP contribution >= 0.6 is 28.3 Å². The third-order valence-electron chi connectivity index (χ3n) is 4.06. The van der Waals surface area contributed by atoms with E-state index in [1.165, 1.54) is 5.56 Å². The first kappa shape index (κ1) is 18.6. The van der Waals surface area contributed by atoms with E-state index in [1.54, 1.807) is 12.0 Å². The van der Waals surface area contributed by atoms with Gasteiger partial charge in [-0.05, 0) is 48.4 Å². The van der Waals surface area contributed by atoms with Gasteiger partial charge in [0, 0.05) is 41.4 Å². The summed E-state index contributed by atoms with van der Waals surface area (Å²) in [6.45, 7) is 1.44. The maximum Gasteiger partial charge on any atom is 0.253 e. The average molecular weight is 412 g/mol. The van der Waals surface area contributed by atoms with E-state index in [0.29, 0.717) is 6.54 Å². The van der Waals surface area contributed by atoms with Crippen molar-refractivity contribution < 1.29 is 9.53 Å². The molecule has 4 nitrogen and oxygen atoms in total. The Kier molecular flexibility index (Phi) is 6.13. The molecule has 0 fully saturated rings. The lowest BCUT2D eigenvalue weighted by Crippen LogP contribution is -2.26. The minimum atomic E-state index is 0.